The molecule has 1 N–H and O–H groups in total. The van der Waals surface area contributed by atoms with E-state index in [9.17, 15) is 9.18 Å². The molecule has 0 amide bonds. The van der Waals surface area contributed by atoms with Gasteiger partial charge in [0.25, 0.3) is 0 Å². The van der Waals surface area contributed by atoms with E-state index < -0.39 is 0 Å². The highest BCUT2D eigenvalue weighted by atomic mass is 19.1. The van der Waals surface area contributed by atoms with Crippen molar-refractivity contribution < 1.29 is 9.18 Å². The summed E-state index contributed by atoms with van der Waals surface area (Å²) >= 11 is 0. The van der Waals surface area contributed by atoms with E-state index in [-0.39, 0.29) is 17.5 Å². The minimum atomic E-state index is -0.300. The molecule has 0 bridgehead atoms. The summed E-state index contributed by atoms with van der Waals surface area (Å²) < 4.78 is 12.6. The molecular weight excluding hydrogens is 181 g/mol. The fourth-order valence-corrected chi connectivity index (χ4v) is 1.73. The van der Waals surface area contributed by atoms with Gasteiger partial charge in [-0.2, -0.15) is 0 Å². The van der Waals surface area contributed by atoms with Gasteiger partial charge in [0.2, 0.25) is 0 Å². The van der Waals surface area contributed by atoms with Crippen molar-refractivity contribution in [2.75, 3.05) is 13.1 Å². The molecule has 74 valence electrons. The second-order valence-electron chi connectivity index (χ2n) is 3.56. The number of nitrogens with one attached hydrogen (secondary N) is 1. The molecule has 14 heavy (non-hydrogen) atoms. The van der Waals surface area contributed by atoms with Crippen molar-refractivity contribution in [3.63, 3.8) is 0 Å². The first-order valence-electron chi connectivity index (χ1n) is 4.78. The van der Waals surface area contributed by atoms with Gasteiger partial charge in [0.05, 0.1) is 0 Å². The van der Waals surface area contributed by atoms with Crippen LogP contribution in [0.1, 0.15) is 16.8 Å². The van der Waals surface area contributed by atoms with Gasteiger partial charge in [0.1, 0.15) is 5.82 Å². The number of benzene rings is 1. The molecule has 2 nitrogen and oxygen atoms in total. The van der Waals surface area contributed by atoms with Gasteiger partial charge in [-0.3, -0.25) is 4.79 Å². The van der Waals surface area contributed by atoms with Crippen molar-refractivity contribution in [2.45, 2.75) is 6.42 Å². The topological polar surface area (TPSA) is 29.1 Å². The lowest BCUT2D eigenvalue weighted by atomic mass is 9.97. The first-order valence-corrected chi connectivity index (χ1v) is 4.78. The van der Waals surface area contributed by atoms with E-state index in [1.54, 1.807) is 12.1 Å². The number of ketones is 1. The van der Waals surface area contributed by atoms with E-state index in [2.05, 4.69) is 5.32 Å². The second-order valence-corrected chi connectivity index (χ2v) is 3.56. The number of rotatable bonds is 2. The number of hydrogen-bond donors (Lipinski definition) is 1. The molecule has 3 heteroatoms. The zero-order chi connectivity index (χ0) is 9.97. The number of carbonyl (C=O) groups excluding carboxylic acids is 1. The van der Waals surface area contributed by atoms with Crippen molar-refractivity contribution in [3.05, 3.63) is 35.6 Å². The maximum Gasteiger partial charge on any atom is 0.167 e. The molecule has 1 aromatic carbocycles. The van der Waals surface area contributed by atoms with E-state index in [0.29, 0.717) is 5.56 Å². The predicted octanol–water partition coefficient (Wildman–Crippen LogP) is 1.62. The van der Waals surface area contributed by atoms with E-state index in [1.807, 2.05) is 0 Å². The molecule has 0 aliphatic carbocycles. The van der Waals surface area contributed by atoms with Crippen molar-refractivity contribution >= 4 is 5.78 Å². The smallest absolute Gasteiger partial charge is 0.167 e. The fourth-order valence-electron chi connectivity index (χ4n) is 1.73. The van der Waals surface area contributed by atoms with Gasteiger partial charge in [0.15, 0.2) is 5.78 Å². The molecule has 0 aromatic heterocycles. The Morgan fingerprint density at radius 3 is 2.64 bits per heavy atom. The molecule has 0 spiro atoms. The van der Waals surface area contributed by atoms with E-state index in [0.717, 1.165) is 19.5 Å². The standard InChI is InChI=1S/C11H12FNO/c12-10-3-1-8(2-4-10)11(14)9-5-6-13-7-9/h1-4,9,13H,5-7H2/t9-/m1/s1. The summed E-state index contributed by atoms with van der Waals surface area (Å²) in [7, 11) is 0. The van der Waals surface area contributed by atoms with E-state index >= 15 is 0 Å². The summed E-state index contributed by atoms with van der Waals surface area (Å²) in [5.74, 6) is -0.110. The Bertz CT molecular complexity index is 328. The van der Waals surface area contributed by atoms with Crippen LogP contribution < -0.4 is 5.32 Å². The summed E-state index contributed by atoms with van der Waals surface area (Å²) in [6.07, 6.45) is 0.885. The zero-order valence-corrected chi connectivity index (χ0v) is 7.79. The summed E-state index contributed by atoms with van der Waals surface area (Å²) in [5, 5.41) is 3.14. The third kappa shape index (κ3) is 1.82. The van der Waals surface area contributed by atoms with E-state index in [1.165, 1.54) is 12.1 Å². The van der Waals surface area contributed by atoms with Crippen LogP contribution in [-0.2, 0) is 0 Å². The Morgan fingerprint density at radius 2 is 2.07 bits per heavy atom. The van der Waals surface area contributed by atoms with Crippen molar-refractivity contribution in [1.29, 1.82) is 0 Å². The Balaban J connectivity index is 2.14. The molecule has 1 atom stereocenters. The SMILES string of the molecule is O=C(c1ccc(F)cc1)[C@@H]1CCNC1. The van der Waals surface area contributed by atoms with Gasteiger partial charge in [0, 0.05) is 18.0 Å². The zero-order valence-electron chi connectivity index (χ0n) is 7.79. The normalized spacial score (nSPS) is 21.1. The maximum atomic E-state index is 12.6. The number of halogens is 1. The van der Waals surface area contributed by atoms with Crippen molar-refractivity contribution in [1.82, 2.24) is 5.32 Å². The van der Waals surface area contributed by atoms with Crippen LogP contribution in [0.4, 0.5) is 4.39 Å². The van der Waals surface area contributed by atoms with Crippen LogP contribution in [0.15, 0.2) is 24.3 Å². The van der Waals surface area contributed by atoms with Crippen LogP contribution in [-0.4, -0.2) is 18.9 Å². The first-order chi connectivity index (χ1) is 6.77. The number of carbonyl (C=O) groups is 1. The molecule has 0 saturated carbocycles. The quantitative estimate of drug-likeness (QED) is 0.723. The molecule has 1 aliphatic rings. The summed E-state index contributed by atoms with van der Waals surface area (Å²) in [6.45, 7) is 1.65. The van der Waals surface area contributed by atoms with Crippen LogP contribution in [0, 0.1) is 11.7 Å². The highest BCUT2D eigenvalue weighted by molar-refractivity contribution is 5.98. The highest BCUT2D eigenvalue weighted by Gasteiger charge is 2.23. The first kappa shape index (κ1) is 9.34. The average Bonchev–Trinajstić information content (AvgIpc) is 2.71. The highest BCUT2D eigenvalue weighted by Crippen LogP contribution is 2.15. The van der Waals surface area contributed by atoms with Gasteiger partial charge in [-0.15, -0.1) is 0 Å². The Morgan fingerprint density at radius 1 is 1.36 bits per heavy atom. The van der Waals surface area contributed by atoms with Crippen LogP contribution in [0.2, 0.25) is 0 Å². The molecule has 1 aromatic rings. The Hall–Kier alpha value is -1.22. The maximum absolute atomic E-state index is 12.6. The largest absolute Gasteiger partial charge is 0.316 e. The monoisotopic (exact) mass is 193 g/mol. The van der Waals surface area contributed by atoms with Gasteiger partial charge in [-0.25, -0.2) is 4.39 Å². The molecule has 0 radical (unpaired) electrons. The molecule has 1 heterocycles. The lowest BCUT2D eigenvalue weighted by Crippen LogP contribution is -2.17. The number of Topliss-reactive ketones (excluding diaryl/α,β-unsaturated/α-hetero) is 1. The van der Waals surface area contributed by atoms with Crippen molar-refractivity contribution in [2.24, 2.45) is 5.92 Å². The summed E-state index contributed by atoms with van der Waals surface area (Å²) in [4.78, 5) is 11.8. The van der Waals surface area contributed by atoms with Crippen LogP contribution in [0.5, 0.6) is 0 Å². The Labute approximate surface area is 82.1 Å². The molecule has 1 aliphatic heterocycles. The average molecular weight is 193 g/mol. The lowest BCUT2D eigenvalue weighted by Gasteiger charge is -2.06. The molecule has 2 rings (SSSR count). The number of hydrogen-bond acceptors (Lipinski definition) is 2. The summed E-state index contributed by atoms with van der Waals surface area (Å²) in [6, 6.07) is 5.76. The second kappa shape index (κ2) is 3.88. The van der Waals surface area contributed by atoms with Crippen LogP contribution in [0.3, 0.4) is 0 Å². The minimum absolute atomic E-state index is 0.0699. The van der Waals surface area contributed by atoms with Crippen molar-refractivity contribution in [3.8, 4) is 0 Å². The van der Waals surface area contributed by atoms with Gasteiger partial charge >= 0.3 is 0 Å². The third-order valence-corrected chi connectivity index (χ3v) is 2.56. The molecular formula is C11H12FNO. The third-order valence-electron chi connectivity index (χ3n) is 2.56. The van der Waals surface area contributed by atoms with Gasteiger partial charge < -0.3 is 5.32 Å². The lowest BCUT2D eigenvalue weighted by molar-refractivity contribution is 0.0930. The minimum Gasteiger partial charge on any atom is -0.316 e. The molecule has 1 fully saturated rings. The molecule has 1 saturated heterocycles. The fraction of sp³-hybridized carbons (Fsp3) is 0.364. The summed E-state index contributed by atoms with van der Waals surface area (Å²) in [5.41, 5.74) is 0.611. The van der Waals surface area contributed by atoms with Crippen LogP contribution >= 0.6 is 0 Å². The molecule has 0 unspecified atom stereocenters. The van der Waals surface area contributed by atoms with Gasteiger partial charge in [-0.1, -0.05) is 0 Å². The van der Waals surface area contributed by atoms with Crippen LogP contribution in [0.25, 0.3) is 0 Å². The van der Waals surface area contributed by atoms with Gasteiger partial charge in [-0.05, 0) is 37.2 Å². The Kier molecular flexibility index (Phi) is 2.59. The van der Waals surface area contributed by atoms with E-state index in [4.69, 9.17) is 0 Å². The predicted molar refractivity (Wildman–Crippen MR) is 51.7 cm³/mol.